The number of rotatable bonds is 7. The van der Waals surface area contributed by atoms with Gasteiger partial charge in [0.05, 0.1) is 5.41 Å². The van der Waals surface area contributed by atoms with E-state index in [1.807, 2.05) is 42.5 Å². The van der Waals surface area contributed by atoms with Gasteiger partial charge in [-0.3, -0.25) is 9.59 Å². The molecule has 4 nitrogen and oxygen atoms in total. The maximum atomic E-state index is 11.6. The van der Waals surface area contributed by atoms with Crippen molar-refractivity contribution in [2.75, 3.05) is 6.54 Å². The first kappa shape index (κ1) is 14.3. The molecule has 1 aromatic carbocycles. The summed E-state index contributed by atoms with van der Waals surface area (Å²) in [6, 6.07) is 9.89. The predicted molar refractivity (Wildman–Crippen MR) is 77.0 cm³/mol. The lowest BCUT2D eigenvalue weighted by atomic mass is 10.1. The van der Waals surface area contributed by atoms with Crippen LogP contribution in [-0.4, -0.2) is 23.5 Å². The Hall–Kier alpha value is -2.10. The minimum Gasteiger partial charge on any atom is -0.481 e. The SMILES string of the molecule is O=C(CC/C=C/c1ccccc1)NCC1(C(=O)O)CC1. The van der Waals surface area contributed by atoms with Gasteiger partial charge < -0.3 is 10.4 Å². The molecular formula is C16H19NO3. The molecule has 0 unspecified atom stereocenters. The Morgan fingerprint density at radius 3 is 2.55 bits per heavy atom. The first-order chi connectivity index (χ1) is 9.62. The summed E-state index contributed by atoms with van der Waals surface area (Å²) < 4.78 is 0. The van der Waals surface area contributed by atoms with E-state index in [0.29, 0.717) is 25.7 Å². The number of benzene rings is 1. The third-order valence-electron chi connectivity index (χ3n) is 3.58. The monoisotopic (exact) mass is 273 g/mol. The number of carboxylic acids is 1. The van der Waals surface area contributed by atoms with E-state index in [1.54, 1.807) is 0 Å². The molecule has 2 rings (SSSR count). The molecule has 0 atom stereocenters. The number of hydrogen-bond donors (Lipinski definition) is 2. The van der Waals surface area contributed by atoms with Crippen molar-refractivity contribution in [3.63, 3.8) is 0 Å². The number of carbonyl (C=O) groups is 2. The molecule has 1 aromatic rings. The fourth-order valence-electron chi connectivity index (χ4n) is 1.97. The Morgan fingerprint density at radius 2 is 1.95 bits per heavy atom. The van der Waals surface area contributed by atoms with Gasteiger partial charge >= 0.3 is 5.97 Å². The van der Waals surface area contributed by atoms with Crippen molar-refractivity contribution >= 4 is 18.0 Å². The molecule has 0 spiro atoms. The Bertz CT molecular complexity index is 504. The summed E-state index contributed by atoms with van der Waals surface area (Å²) in [5.41, 5.74) is 0.422. The second-order valence-corrected chi connectivity index (χ2v) is 5.21. The Labute approximate surface area is 118 Å². The number of allylic oxidation sites excluding steroid dienone is 1. The van der Waals surface area contributed by atoms with Crippen LogP contribution in [0.2, 0.25) is 0 Å². The van der Waals surface area contributed by atoms with E-state index in [2.05, 4.69) is 5.32 Å². The molecular weight excluding hydrogens is 254 g/mol. The van der Waals surface area contributed by atoms with Crippen molar-refractivity contribution in [2.45, 2.75) is 25.7 Å². The zero-order chi connectivity index (χ0) is 14.4. The fourth-order valence-corrected chi connectivity index (χ4v) is 1.97. The Morgan fingerprint density at radius 1 is 1.25 bits per heavy atom. The largest absolute Gasteiger partial charge is 0.481 e. The lowest BCUT2D eigenvalue weighted by Crippen LogP contribution is -2.33. The molecule has 0 saturated heterocycles. The molecule has 0 bridgehead atoms. The van der Waals surface area contributed by atoms with Gasteiger partial charge in [0.1, 0.15) is 0 Å². The highest BCUT2D eigenvalue weighted by molar-refractivity contribution is 5.81. The van der Waals surface area contributed by atoms with Crippen LogP contribution in [0.25, 0.3) is 6.08 Å². The summed E-state index contributed by atoms with van der Waals surface area (Å²) in [4.78, 5) is 22.6. The molecule has 0 heterocycles. The van der Waals surface area contributed by atoms with E-state index in [4.69, 9.17) is 5.11 Å². The first-order valence-corrected chi connectivity index (χ1v) is 6.84. The van der Waals surface area contributed by atoms with Crippen molar-refractivity contribution in [2.24, 2.45) is 5.41 Å². The summed E-state index contributed by atoms with van der Waals surface area (Å²) in [6.45, 7) is 0.254. The number of carbonyl (C=O) groups excluding carboxylic acids is 1. The van der Waals surface area contributed by atoms with Gasteiger partial charge in [0.15, 0.2) is 0 Å². The van der Waals surface area contributed by atoms with Crippen molar-refractivity contribution in [1.29, 1.82) is 0 Å². The van der Waals surface area contributed by atoms with Crippen molar-refractivity contribution in [3.8, 4) is 0 Å². The highest BCUT2D eigenvalue weighted by atomic mass is 16.4. The van der Waals surface area contributed by atoms with Crippen LogP contribution >= 0.6 is 0 Å². The van der Waals surface area contributed by atoms with Gasteiger partial charge in [-0.2, -0.15) is 0 Å². The average molecular weight is 273 g/mol. The smallest absolute Gasteiger partial charge is 0.311 e. The third-order valence-corrected chi connectivity index (χ3v) is 3.58. The normalized spacial score (nSPS) is 16.0. The molecule has 1 fully saturated rings. The molecule has 2 N–H and O–H groups in total. The molecule has 0 aromatic heterocycles. The maximum Gasteiger partial charge on any atom is 0.311 e. The van der Waals surface area contributed by atoms with E-state index in [-0.39, 0.29) is 12.5 Å². The molecule has 1 aliphatic carbocycles. The highest BCUT2D eigenvalue weighted by Gasteiger charge is 2.50. The average Bonchev–Trinajstić information content (AvgIpc) is 3.24. The number of amides is 1. The first-order valence-electron chi connectivity index (χ1n) is 6.84. The number of aliphatic carboxylic acids is 1. The number of hydrogen-bond acceptors (Lipinski definition) is 2. The van der Waals surface area contributed by atoms with Crippen LogP contribution in [0, 0.1) is 5.41 Å². The number of carboxylic acid groups (broad SMARTS) is 1. The van der Waals surface area contributed by atoms with Crippen molar-refractivity contribution in [3.05, 3.63) is 42.0 Å². The van der Waals surface area contributed by atoms with Crippen LogP contribution in [0.5, 0.6) is 0 Å². The van der Waals surface area contributed by atoms with Crippen molar-refractivity contribution < 1.29 is 14.7 Å². The van der Waals surface area contributed by atoms with Crippen LogP contribution < -0.4 is 5.32 Å². The van der Waals surface area contributed by atoms with E-state index >= 15 is 0 Å². The van der Waals surface area contributed by atoms with Gasteiger partial charge in [-0.25, -0.2) is 0 Å². The lowest BCUT2D eigenvalue weighted by molar-refractivity contribution is -0.143. The van der Waals surface area contributed by atoms with Crippen LogP contribution in [-0.2, 0) is 9.59 Å². The molecule has 1 aliphatic rings. The topological polar surface area (TPSA) is 66.4 Å². The van der Waals surface area contributed by atoms with Crippen LogP contribution in [0.15, 0.2) is 36.4 Å². The predicted octanol–water partition coefficient (Wildman–Crippen LogP) is 2.46. The molecule has 1 saturated carbocycles. The summed E-state index contributed by atoms with van der Waals surface area (Å²) in [5, 5.41) is 11.7. The molecule has 0 aliphatic heterocycles. The highest BCUT2D eigenvalue weighted by Crippen LogP contribution is 2.45. The van der Waals surface area contributed by atoms with Gasteiger partial charge in [0, 0.05) is 13.0 Å². The molecule has 106 valence electrons. The Balaban J connectivity index is 1.66. The van der Waals surface area contributed by atoms with E-state index in [0.717, 1.165) is 5.56 Å². The third kappa shape index (κ3) is 3.95. The van der Waals surface area contributed by atoms with Crippen LogP contribution in [0.4, 0.5) is 0 Å². The second-order valence-electron chi connectivity index (χ2n) is 5.21. The molecule has 20 heavy (non-hydrogen) atoms. The summed E-state index contributed by atoms with van der Waals surface area (Å²) in [7, 11) is 0. The molecule has 0 radical (unpaired) electrons. The van der Waals surface area contributed by atoms with E-state index in [9.17, 15) is 9.59 Å². The quantitative estimate of drug-likeness (QED) is 0.802. The fraction of sp³-hybridized carbons (Fsp3) is 0.375. The molecule has 4 heteroatoms. The van der Waals surface area contributed by atoms with Gasteiger partial charge in [0.25, 0.3) is 0 Å². The van der Waals surface area contributed by atoms with Crippen LogP contribution in [0.3, 0.4) is 0 Å². The van der Waals surface area contributed by atoms with Gasteiger partial charge in [-0.1, -0.05) is 42.5 Å². The second kappa shape index (κ2) is 6.37. The van der Waals surface area contributed by atoms with Gasteiger partial charge in [-0.15, -0.1) is 0 Å². The lowest BCUT2D eigenvalue weighted by Gasteiger charge is -2.10. The summed E-state index contributed by atoms with van der Waals surface area (Å²) in [6.07, 6.45) is 6.30. The standard InChI is InChI=1S/C16H19NO3/c18-14(17-12-16(10-11-16)15(19)20)9-5-4-8-13-6-2-1-3-7-13/h1-4,6-8H,5,9-12H2,(H,17,18)(H,19,20)/b8-4+. The maximum absolute atomic E-state index is 11.6. The van der Waals surface area contributed by atoms with Gasteiger partial charge in [0.2, 0.25) is 5.91 Å². The van der Waals surface area contributed by atoms with Crippen LogP contribution in [0.1, 0.15) is 31.2 Å². The Kier molecular flexibility index (Phi) is 4.56. The number of nitrogens with one attached hydrogen (secondary N) is 1. The molecule has 1 amide bonds. The minimum atomic E-state index is -0.804. The van der Waals surface area contributed by atoms with Gasteiger partial charge in [-0.05, 0) is 24.8 Å². The van der Waals surface area contributed by atoms with E-state index in [1.165, 1.54) is 0 Å². The minimum absolute atomic E-state index is 0.0877. The van der Waals surface area contributed by atoms with E-state index < -0.39 is 11.4 Å². The summed E-state index contributed by atoms with van der Waals surface area (Å²) in [5.74, 6) is -0.892. The zero-order valence-electron chi connectivity index (χ0n) is 11.3. The summed E-state index contributed by atoms with van der Waals surface area (Å²) >= 11 is 0. The zero-order valence-corrected chi connectivity index (χ0v) is 11.3. The van der Waals surface area contributed by atoms with Crippen molar-refractivity contribution in [1.82, 2.24) is 5.32 Å².